The highest BCUT2D eigenvalue weighted by Crippen LogP contribution is 2.26. The second kappa shape index (κ2) is 25.2. The summed E-state index contributed by atoms with van der Waals surface area (Å²) in [6.45, 7) is 19.1. The molecule has 1 rings (SSSR count). The number of unbranched alkanes of at least 4 members (excludes halogenated alkanes) is 9. The van der Waals surface area contributed by atoms with Gasteiger partial charge in [0.2, 0.25) is 5.91 Å². The minimum absolute atomic E-state index is 0. The maximum atomic E-state index is 11.0. The highest BCUT2D eigenvalue weighted by atomic mass is 35.5. The Morgan fingerprint density at radius 2 is 1.16 bits per heavy atom. The second-order valence-corrected chi connectivity index (χ2v) is 11.1. The predicted molar refractivity (Wildman–Crippen MR) is 160 cm³/mol. The summed E-state index contributed by atoms with van der Waals surface area (Å²) in [4.78, 5) is 11.0. The van der Waals surface area contributed by atoms with E-state index >= 15 is 0 Å². The van der Waals surface area contributed by atoms with Gasteiger partial charge in [0, 0.05) is 5.92 Å². The summed E-state index contributed by atoms with van der Waals surface area (Å²) in [5.41, 5.74) is 6.58. The van der Waals surface area contributed by atoms with E-state index in [1.165, 1.54) is 113 Å². The Hall–Kier alpha value is -1.06. The van der Waals surface area contributed by atoms with Gasteiger partial charge in [-0.15, -0.1) is 0 Å². The number of hydrogen-bond acceptors (Lipinski definition) is 1. The zero-order valence-corrected chi connectivity index (χ0v) is 26.3. The molecule has 1 amide bonds. The van der Waals surface area contributed by atoms with Crippen LogP contribution in [0.3, 0.4) is 0 Å². The summed E-state index contributed by atoms with van der Waals surface area (Å²) in [5.74, 6) is 0.188. The summed E-state index contributed by atoms with van der Waals surface area (Å²) in [5, 5.41) is 0. The third-order valence-corrected chi connectivity index (χ3v) is 8.02. The zero-order chi connectivity index (χ0) is 27.1. The fraction of sp³-hybridized carbons (Fsp3) is 0.788. The maximum absolute atomic E-state index is 11.0. The van der Waals surface area contributed by atoms with E-state index in [1.54, 1.807) is 0 Å². The van der Waals surface area contributed by atoms with E-state index in [0.29, 0.717) is 5.92 Å². The Labute approximate surface area is 238 Å². The molecule has 37 heavy (non-hydrogen) atoms. The van der Waals surface area contributed by atoms with Crippen LogP contribution in [0.15, 0.2) is 30.3 Å². The van der Waals surface area contributed by atoms with Gasteiger partial charge < -0.3 is 22.6 Å². The van der Waals surface area contributed by atoms with Crippen molar-refractivity contribution >= 4 is 5.91 Å². The molecule has 0 aliphatic rings. The molecule has 0 aliphatic carbocycles. The van der Waals surface area contributed by atoms with Gasteiger partial charge in [-0.2, -0.15) is 0 Å². The van der Waals surface area contributed by atoms with Crippen LogP contribution < -0.4 is 18.1 Å². The van der Waals surface area contributed by atoms with Gasteiger partial charge in [-0.25, -0.2) is 0 Å². The zero-order valence-electron chi connectivity index (χ0n) is 25.6. The van der Waals surface area contributed by atoms with Gasteiger partial charge in [0.1, 0.15) is 0 Å². The van der Waals surface area contributed by atoms with Gasteiger partial charge in [0.25, 0.3) is 0 Å². The number of hydrogen-bond donors (Lipinski definition) is 1. The van der Waals surface area contributed by atoms with Crippen LogP contribution in [0.2, 0.25) is 0 Å². The average molecular weight is 539 g/mol. The van der Waals surface area contributed by atoms with Crippen molar-refractivity contribution in [3.05, 3.63) is 35.9 Å². The Morgan fingerprint density at radius 1 is 0.730 bits per heavy atom. The number of nitrogens with zero attached hydrogens (tertiary/aromatic N) is 1. The largest absolute Gasteiger partial charge is 1.00 e. The first-order valence-electron chi connectivity index (χ1n) is 15.6. The molecule has 3 nitrogen and oxygen atoms in total. The van der Waals surface area contributed by atoms with E-state index in [2.05, 4.69) is 46.8 Å². The van der Waals surface area contributed by atoms with E-state index in [4.69, 9.17) is 5.73 Å². The molecule has 0 saturated heterocycles. The molecule has 2 N–H and O–H groups in total. The molecule has 1 aromatic carbocycles. The van der Waals surface area contributed by atoms with Crippen molar-refractivity contribution in [3.8, 4) is 0 Å². The molecule has 0 spiro atoms. The van der Waals surface area contributed by atoms with Gasteiger partial charge >= 0.3 is 0 Å². The van der Waals surface area contributed by atoms with Crippen LogP contribution in [-0.4, -0.2) is 36.6 Å². The van der Waals surface area contributed by atoms with Gasteiger partial charge in [0.05, 0.1) is 26.2 Å². The third kappa shape index (κ3) is 18.8. The number of nitrogens with two attached hydrogens (primary N) is 1. The smallest absolute Gasteiger partial charge is 0.220 e. The highest BCUT2D eigenvalue weighted by Gasteiger charge is 2.23. The van der Waals surface area contributed by atoms with Crippen LogP contribution in [0.5, 0.6) is 0 Å². The van der Waals surface area contributed by atoms with E-state index < -0.39 is 0 Å². The molecule has 0 aliphatic heterocycles. The van der Waals surface area contributed by atoms with Crippen molar-refractivity contribution in [3.63, 3.8) is 0 Å². The molecule has 0 heterocycles. The quantitative estimate of drug-likeness (QED) is 0.146. The van der Waals surface area contributed by atoms with Gasteiger partial charge in [0.15, 0.2) is 0 Å². The molecule has 0 radical (unpaired) electrons. The van der Waals surface area contributed by atoms with Crippen molar-refractivity contribution in [1.82, 2.24) is 0 Å². The van der Waals surface area contributed by atoms with Crippen LogP contribution in [-0.2, 0) is 4.79 Å². The lowest BCUT2D eigenvalue weighted by Gasteiger charge is -2.38. The number of quaternary nitrogens is 1. The number of carbonyl (C=O) groups is 1. The number of halogens is 1. The van der Waals surface area contributed by atoms with Crippen molar-refractivity contribution in [1.29, 1.82) is 0 Å². The molecule has 2 unspecified atom stereocenters. The van der Waals surface area contributed by atoms with Gasteiger partial charge in [-0.1, -0.05) is 103 Å². The van der Waals surface area contributed by atoms with Crippen LogP contribution in [0.25, 0.3) is 0 Å². The normalized spacial score (nSPS) is 12.7. The lowest BCUT2D eigenvalue weighted by molar-refractivity contribution is -0.927. The van der Waals surface area contributed by atoms with Crippen molar-refractivity contribution < 1.29 is 21.7 Å². The second-order valence-electron chi connectivity index (χ2n) is 11.1. The van der Waals surface area contributed by atoms with E-state index in [0.717, 1.165) is 12.8 Å². The van der Waals surface area contributed by atoms with Crippen molar-refractivity contribution in [2.45, 2.75) is 137 Å². The number of primary amides is 1. The minimum Gasteiger partial charge on any atom is -1.00 e. The lowest BCUT2D eigenvalue weighted by Crippen LogP contribution is -3.00. The maximum Gasteiger partial charge on any atom is 0.220 e. The SMILES string of the molecule is CCC(CC(C)C(N)=O)c1ccccc1.CCCCCC[N+](CC)(CCCCCC)CCCCCC.[Cl-]. The first-order chi connectivity index (χ1) is 17.4. The third-order valence-electron chi connectivity index (χ3n) is 8.02. The van der Waals surface area contributed by atoms with Crippen LogP contribution >= 0.6 is 0 Å². The summed E-state index contributed by atoms with van der Waals surface area (Å²) in [7, 11) is 0. The predicted octanol–water partition coefficient (Wildman–Crippen LogP) is 6.26. The molecule has 0 bridgehead atoms. The van der Waals surface area contributed by atoms with Crippen molar-refractivity contribution in [2.24, 2.45) is 11.7 Å². The topological polar surface area (TPSA) is 43.1 Å². The molecule has 218 valence electrons. The molecule has 0 saturated carbocycles. The van der Waals surface area contributed by atoms with Crippen LogP contribution in [0.4, 0.5) is 0 Å². The average Bonchev–Trinajstić information content (AvgIpc) is 2.90. The lowest BCUT2D eigenvalue weighted by atomic mass is 9.87. The van der Waals surface area contributed by atoms with E-state index in [9.17, 15) is 4.79 Å². The van der Waals surface area contributed by atoms with E-state index in [1.807, 2.05) is 25.1 Å². The Morgan fingerprint density at radius 3 is 1.49 bits per heavy atom. The molecule has 2 atom stereocenters. The minimum atomic E-state index is -0.204. The first-order valence-corrected chi connectivity index (χ1v) is 15.6. The molecule has 0 fully saturated rings. The molecular weight excluding hydrogens is 476 g/mol. The summed E-state index contributed by atoms with van der Waals surface area (Å²) >= 11 is 0. The van der Waals surface area contributed by atoms with Gasteiger partial charge in [-0.3, -0.25) is 4.79 Å². The first kappa shape index (κ1) is 38.1. The van der Waals surface area contributed by atoms with Crippen LogP contribution in [0.1, 0.15) is 143 Å². The molecular formula is C33H63ClN2O. The number of rotatable bonds is 21. The summed E-state index contributed by atoms with van der Waals surface area (Å²) in [6, 6.07) is 10.3. The molecule has 4 heteroatoms. The number of carbonyl (C=O) groups excluding carboxylic acids is 1. The van der Waals surface area contributed by atoms with E-state index in [-0.39, 0.29) is 24.2 Å². The fourth-order valence-electron chi connectivity index (χ4n) is 5.24. The molecule has 1 aromatic rings. The highest BCUT2D eigenvalue weighted by molar-refractivity contribution is 5.76. The number of benzene rings is 1. The monoisotopic (exact) mass is 538 g/mol. The Balaban J connectivity index is 0. The number of amides is 1. The Kier molecular flexibility index (Phi) is 26.0. The molecule has 0 aromatic heterocycles. The standard InChI is InChI=1S/C20H44N.C13H19NO.ClH/c1-5-9-12-15-18-21(8-4,19-16-13-10-6-2)20-17-14-11-7-3;1-3-11(9-10(2)13(14)15)12-7-5-4-6-8-12;/h5-20H2,1-4H3;4-8,10-11H,3,9H2,1-2H3,(H2,14,15);1H/q+1;;/p-1. The van der Waals surface area contributed by atoms with Crippen molar-refractivity contribution in [2.75, 3.05) is 26.2 Å². The fourth-order valence-corrected chi connectivity index (χ4v) is 5.24. The Bertz CT molecular complexity index is 591. The van der Waals surface area contributed by atoms with Crippen LogP contribution in [0, 0.1) is 5.92 Å². The summed E-state index contributed by atoms with van der Waals surface area (Å²) < 4.78 is 1.41. The summed E-state index contributed by atoms with van der Waals surface area (Å²) in [6.07, 6.45) is 18.9. The van der Waals surface area contributed by atoms with Gasteiger partial charge in [-0.05, 0) is 69.8 Å².